The second kappa shape index (κ2) is 5.04. The summed E-state index contributed by atoms with van der Waals surface area (Å²) in [6, 6.07) is 9.47. The Labute approximate surface area is 117 Å². The number of rotatable bonds is 2. The zero-order valence-corrected chi connectivity index (χ0v) is 10.6. The molecule has 2 aromatic heterocycles. The van der Waals surface area contributed by atoms with Crippen molar-refractivity contribution in [2.45, 2.75) is 0 Å². The minimum Gasteiger partial charge on any atom is -0.421 e. The average molecular weight is 283 g/mol. The zero-order valence-electron chi connectivity index (χ0n) is 10.6. The molecule has 7 nitrogen and oxygen atoms in total. The number of carbonyl (C=O) groups is 1. The highest BCUT2D eigenvalue weighted by Crippen LogP contribution is 2.15. The molecule has 2 heterocycles. The Morgan fingerprint density at radius 3 is 2.81 bits per heavy atom. The molecule has 1 aromatic carbocycles. The number of hydrogen-bond acceptors (Lipinski definition) is 5. The minimum absolute atomic E-state index is 0.0132. The molecular formula is C14H9N3O4. The first-order valence-electron chi connectivity index (χ1n) is 6.02. The Morgan fingerprint density at radius 2 is 2.00 bits per heavy atom. The van der Waals surface area contributed by atoms with E-state index in [1.807, 2.05) is 0 Å². The fraction of sp³-hybridized carbons (Fsp3) is 0. The Morgan fingerprint density at radius 1 is 1.19 bits per heavy atom. The molecule has 0 aliphatic carbocycles. The van der Waals surface area contributed by atoms with Gasteiger partial charge < -0.3 is 14.7 Å². The Kier molecular flexibility index (Phi) is 3.07. The van der Waals surface area contributed by atoms with Gasteiger partial charge in [0.15, 0.2) is 0 Å². The van der Waals surface area contributed by atoms with Gasteiger partial charge in [-0.1, -0.05) is 18.2 Å². The van der Waals surface area contributed by atoms with Gasteiger partial charge in [0.2, 0.25) is 0 Å². The number of H-pyrrole nitrogens is 1. The Bertz CT molecular complexity index is 942. The van der Waals surface area contributed by atoms with Crippen LogP contribution in [0.15, 0.2) is 56.7 Å². The predicted octanol–water partition coefficient (Wildman–Crippen LogP) is 1.13. The number of benzene rings is 1. The van der Waals surface area contributed by atoms with Crippen molar-refractivity contribution in [3.05, 3.63) is 69.2 Å². The average Bonchev–Trinajstić information content (AvgIpc) is 2.48. The SMILES string of the molecule is O=C(Nc1cc2ccccc2oc1=O)c1cc(=O)[nH]cn1. The van der Waals surface area contributed by atoms with Gasteiger partial charge in [0.1, 0.15) is 17.0 Å². The maximum atomic E-state index is 11.9. The number of nitrogens with zero attached hydrogens (tertiary/aromatic N) is 1. The van der Waals surface area contributed by atoms with Crippen molar-refractivity contribution < 1.29 is 9.21 Å². The van der Waals surface area contributed by atoms with Gasteiger partial charge in [0.05, 0.1) is 6.33 Å². The molecule has 0 radical (unpaired) electrons. The standard InChI is InChI=1S/C14H9N3O4/c18-12-6-9(15-7-16-12)13(19)17-10-5-8-3-1-2-4-11(8)21-14(10)20/h1-7H,(H,17,19)(H,15,16,18). The molecule has 0 bridgehead atoms. The monoisotopic (exact) mass is 283 g/mol. The lowest BCUT2D eigenvalue weighted by Gasteiger charge is -2.04. The van der Waals surface area contributed by atoms with Crippen LogP contribution in [0.2, 0.25) is 0 Å². The van der Waals surface area contributed by atoms with Gasteiger partial charge in [-0.2, -0.15) is 0 Å². The van der Waals surface area contributed by atoms with E-state index in [0.717, 1.165) is 12.4 Å². The molecule has 104 valence electrons. The summed E-state index contributed by atoms with van der Waals surface area (Å²) in [6.07, 6.45) is 1.11. The highest BCUT2D eigenvalue weighted by Gasteiger charge is 2.12. The van der Waals surface area contributed by atoms with Gasteiger partial charge in [-0.3, -0.25) is 9.59 Å². The lowest BCUT2D eigenvalue weighted by Crippen LogP contribution is -2.21. The van der Waals surface area contributed by atoms with Crippen molar-refractivity contribution in [3.63, 3.8) is 0 Å². The summed E-state index contributed by atoms with van der Waals surface area (Å²) in [7, 11) is 0. The van der Waals surface area contributed by atoms with Crippen molar-refractivity contribution >= 4 is 22.6 Å². The summed E-state index contributed by atoms with van der Waals surface area (Å²) in [5.41, 5.74) is -0.811. The molecule has 3 rings (SSSR count). The number of para-hydroxylation sites is 1. The second-order valence-corrected chi connectivity index (χ2v) is 4.24. The molecule has 0 saturated carbocycles. The van der Waals surface area contributed by atoms with Gasteiger partial charge in [-0.15, -0.1) is 0 Å². The van der Waals surface area contributed by atoms with Crippen LogP contribution in [-0.4, -0.2) is 15.9 Å². The molecule has 0 spiro atoms. The third-order valence-corrected chi connectivity index (χ3v) is 2.80. The Balaban J connectivity index is 1.98. The summed E-state index contributed by atoms with van der Waals surface area (Å²) < 4.78 is 5.09. The van der Waals surface area contributed by atoms with E-state index in [0.29, 0.717) is 11.0 Å². The van der Waals surface area contributed by atoms with Crippen molar-refractivity contribution in [3.8, 4) is 0 Å². The van der Waals surface area contributed by atoms with E-state index < -0.39 is 17.1 Å². The van der Waals surface area contributed by atoms with Crippen LogP contribution in [0.4, 0.5) is 5.69 Å². The van der Waals surface area contributed by atoms with Crippen molar-refractivity contribution in [1.29, 1.82) is 0 Å². The molecule has 0 aliphatic heterocycles. The normalized spacial score (nSPS) is 10.5. The van der Waals surface area contributed by atoms with Crippen LogP contribution in [0.5, 0.6) is 0 Å². The molecule has 0 fully saturated rings. The summed E-state index contributed by atoms with van der Waals surface area (Å²) in [4.78, 5) is 40.9. The lowest BCUT2D eigenvalue weighted by atomic mass is 10.2. The third-order valence-electron chi connectivity index (χ3n) is 2.80. The molecule has 21 heavy (non-hydrogen) atoms. The van der Waals surface area contributed by atoms with Crippen LogP contribution in [0.1, 0.15) is 10.5 Å². The molecule has 3 aromatic rings. The fourth-order valence-electron chi connectivity index (χ4n) is 1.83. The fourth-order valence-corrected chi connectivity index (χ4v) is 1.83. The number of aromatic nitrogens is 2. The maximum absolute atomic E-state index is 11.9. The number of anilines is 1. The van der Waals surface area contributed by atoms with Gasteiger partial charge in [-0.05, 0) is 12.1 Å². The second-order valence-electron chi connectivity index (χ2n) is 4.24. The summed E-state index contributed by atoms with van der Waals surface area (Å²) in [5, 5.41) is 3.06. The van der Waals surface area contributed by atoms with E-state index in [-0.39, 0.29) is 11.4 Å². The molecule has 7 heteroatoms. The summed E-state index contributed by atoms with van der Waals surface area (Å²) in [6.45, 7) is 0. The first-order valence-corrected chi connectivity index (χ1v) is 6.02. The van der Waals surface area contributed by atoms with E-state index in [4.69, 9.17) is 4.42 Å². The number of hydrogen-bond donors (Lipinski definition) is 2. The molecule has 0 atom stereocenters. The van der Waals surface area contributed by atoms with Gasteiger partial charge >= 0.3 is 5.63 Å². The van der Waals surface area contributed by atoms with Gasteiger partial charge in [0, 0.05) is 11.5 Å². The Hall–Kier alpha value is -3.22. The van der Waals surface area contributed by atoms with E-state index in [2.05, 4.69) is 15.3 Å². The van der Waals surface area contributed by atoms with Gasteiger partial charge in [-0.25, -0.2) is 9.78 Å². The van der Waals surface area contributed by atoms with Crippen LogP contribution in [0, 0.1) is 0 Å². The molecule has 0 unspecified atom stereocenters. The zero-order chi connectivity index (χ0) is 14.8. The van der Waals surface area contributed by atoms with Crippen molar-refractivity contribution in [1.82, 2.24) is 9.97 Å². The number of nitrogens with one attached hydrogen (secondary N) is 2. The molecule has 0 saturated heterocycles. The van der Waals surface area contributed by atoms with E-state index in [9.17, 15) is 14.4 Å². The van der Waals surface area contributed by atoms with Crippen LogP contribution in [0.25, 0.3) is 11.0 Å². The van der Waals surface area contributed by atoms with Crippen LogP contribution in [0.3, 0.4) is 0 Å². The topological polar surface area (TPSA) is 105 Å². The molecule has 1 amide bonds. The summed E-state index contributed by atoms with van der Waals surface area (Å²) in [5.74, 6) is -0.663. The van der Waals surface area contributed by atoms with Crippen LogP contribution < -0.4 is 16.5 Å². The highest BCUT2D eigenvalue weighted by atomic mass is 16.4. The van der Waals surface area contributed by atoms with Gasteiger partial charge in [0.25, 0.3) is 11.5 Å². The summed E-state index contributed by atoms with van der Waals surface area (Å²) >= 11 is 0. The van der Waals surface area contributed by atoms with Crippen molar-refractivity contribution in [2.24, 2.45) is 0 Å². The van der Waals surface area contributed by atoms with Crippen molar-refractivity contribution in [2.75, 3.05) is 5.32 Å². The minimum atomic E-state index is -0.674. The van der Waals surface area contributed by atoms with Crippen LogP contribution >= 0.6 is 0 Å². The van der Waals surface area contributed by atoms with E-state index in [1.165, 1.54) is 6.07 Å². The molecular weight excluding hydrogens is 274 g/mol. The first-order chi connectivity index (χ1) is 10.1. The number of fused-ring (bicyclic) bond motifs is 1. The van der Waals surface area contributed by atoms with E-state index >= 15 is 0 Å². The smallest absolute Gasteiger partial charge is 0.360 e. The highest BCUT2D eigenvalue weighted by molar-refractivity contribution is 6.03. The number of carbonyl (C=O) groups excluding carboxylic acids is 1. The maximum Gasteiger partial charge on any atom is 0.360 e. The number of amides is 1. The quantitative estimate of drug-likeness (QED) is 0.686. The number of aromatic amines is 1. The predicted molar refractivity (Wildman–Crippen MR) is 75.3 cm³/mol. The van der Waals surface area contributed by atoms with E-state index in [1.54, 1.807) is 24.3 Å². The molecule has 0 aliphatic rings. The lowest BCUT2D eigenvalue weighted by molar-refractivity contribution is 0.102. The first kappa shape index (κ1) is 12.8. The third kappa shape index (κ3) is 2.57. The largest absolute Gasteiger partial charge is 0.421 e. The molecule has 2 N–H and O–H groups in total. The van der Waals surface area contributed by atoms with Crippen LogP contribution in [-0.2, 0) is 0 Å².